The van der Waals surface area contributed by atoms with Gasteiger partial charge < -0.3 is 0 Å². The number of halogens is 4. The first kappa shape index (κ1) is 12.9. The fourth-order valence-corrected chi connectivity index (χ4v) is 2.14. The smallest absolute Gasteiger partial charge is 0.123 e. The van der Waals surface area contributed by atoms with Crippen molar-refractivity contribution < 1.29 is 0 Å². The van der Waals surface area contributed by atoms with Crippen LogP contribution in [0.3, 0.4) is 0 Å². The van der Waals surface area contributed by atoms with E-state index in [4.69, 9.17) is 46.4 Å². The van der Waals surface area contributed by atoms with E-state index in [1.54, 1.807) is 0 Å². The average molecular weight is 250 g/mol. The second-order valence-electron chi connectivity index (χ2n) is 2.87. The van der Waals surface area contributed by atoms with Gasteiger partial charge in [0, 0.05) is 11.8 Å². The van der Waals surface area contributed by atoms with Crippen LogP contribution in [-0.4, -0.2) is 9.17 Å². The second kappa shape index (κ2) is 5.59. The highest BCUT2D eigenvalue weighted by Gasteiger charge is 2.24. The van der Waals surface area contributed by atoms with E-state index < -0.39 is 3.79 Å². The van der Waals surface area contributed by atoms with Crippen molar-refractivity contribution in [3.63, 3.8) is 0 Å². The molecule has 0 nitrogen and oxygen atoms in total. The van der Waals surface area contributed by atoms with Gasteiger partial charge in [0.05, 0.1) is 0 Å². The van der Waals surface area contributed by atoms with Gasteiger partial charge in [0.25, 0.3) is 0 Å². The van der Waals surface area contributed by atoms with Crippen molar-refractivity contribution in [3.8, 4) is 0 Å². The second-order valence-corrected chi connectivity index (χ2v) is 6.00. The van der Waals surface area contributed by atoms with Crippen LogP contribution < -0.4 is 0 Å². The van der Waals surface area contributed by atoms with Crippen molar-refractivity contribution in [3.05, 3.63) is 12.7 Å². The van der Waals surface area contributed by atoms with Crippen LogP contribution in [-0.2, 0) is 0 Å². The zero-order valence-electron chi connectivity index (χ0n) is 6.87. The Morgan fingerprint density at radius 1 is 1.42 bits per heavy atom. The lowest BCUT2D eigenvalue weighted by Gasteiger charge is -2.17. The Morgan fingerprint density at radius 2 is 1.92 bits per heavy atom. The highest BCUT2D eigenvalue weighted by Crippen LogP contribution is 2.34. The molecule has 0 rings (SSSR count). The maximum absolute atomic E-state index is 5.94. The lowest BCUT2D eigenvalue weighted by Crippen LogP contribution is -2.13. The molecule has 72 valence electrons. The minimum atomic E-state index is -1.24. The first-order valence-electron chi connectivity index (χ1n) is 3.68. The Kier molecular flexibility index (Phi) is 6.01. The minimum Gasteiger partial charge on any atom is -0.123 e. The zero-order valence-corrected chi connectivity index (χ0v) is 9.89. The molecule has 0 aliphatic rings. The molecule has 0 aromatic heterocycles. The van der Waals surface area contributed by atoms with Crippen molar-refractivity contribution >= 4 is 46.4 Å². The van der Waals surface area contributed by atoms with Crippen LogP contribution in [0.25, 0.3) is 0 Å². The third-order valence-corrected chi connectivity index (χ3v) is 2.28. The monoisotopic (exact) mass is 248 g/mol. The Balaban J connectivity index is 3.74. The van der Waals surface area contributed by atoms with Gasteiger partial charge in [-0.1, -0.05) is 47.8 Å². The molecule has 0 bridgehead atoms. The van der Waals surface area contributed by atoms with E-state index >= 15 is 0 Å². The molecule has 0 fully saturated rings. The molecule has 4 heteroatoms. The highest BCUT2D eigenvalue weighted by molar-refractivity contribution is 6.67. The van der Waals surface area contributed by atoms with Gasteiger partial charge in [-0.2, -0.15) is 0 Å². The molecule has 0 amide bonds. The first-order valence-corrected chi connectivity index (χ1v) is 5.25. The van der Waals surface area contributed by atoms with E-state index in [0.29, 0.717) is 12.3 Å². The molecular weight excluding hydrogens is 238 g/mol. The van der Waals surface area contributed by atoms with Crippen molar-refractivity contribution in [2.75, 3.05) is 0 Å². The molecule has 0 heterocycles. The summed E-state index contributed by atoms with van der Waals surface area (Å²) in [4.78, 5) is 0. The lowest BCUT2D eigenvalue weighted by molar-refractivity contribution is 0.594. The van der Waals surface area contributed by atoms with Gasteiger partial charge in [-0.15, -0.1) is 18.2 Å². The summed E-state index contributed by atoms with van der Waals surface area (Å²) in [7, 11) is 0. The largest absolute Gasteiger partial charge is 0.192 e. The molecule has 0 saturated heterocycles. The molecule has 0 N–H and O–H groups in total. The molecule has 12 heavy (non-hydrogen) atoms. The molecular formula is C8H12Cl4. The molecule has 2 unspecified atom stereocenters. The fourth-order valence-electron chi connectivity index (χ4n) is 0.834. The predicted octanol–water partition coefficient (Wildman–Crippen LogP) is 4.57. The quantitative estimate of drug-likeness (QED) is 0.506. The number of rotatable bonds is 4. The zero-order chi connectivity index (χ0) is 9.78. The van der Waals surface area contributed by atoms with Crippen LogP contribution in [0.1, 0.15) is 19.8 Å². The fraction of sp³-hybridized carbons (Fsp3) is 0.750. The molecule has 0 spiro atoms. The van der Waals surface area contributed by atoms with Crippen molar-refractivity contribution in [2.45, 2.75) is 28.9 Å². The standard InChI is InChI=1S/C8H12Cl4/c1-3-6(2)4-7(9)5-8(10,11)12/h3,6-7H,1,4-5H2,2H3. The van der Waals surface area contributed by atoms with Crippen LogP contribution in [0.15, 0.2) is 12.7 Å². The predicted molar refractivity (Wildman–Crippen MR) is 58.5 cm³/mol. The first-order chi connectivity index (χ1) is 5.35. The molecule has 0 aliphatic heterocycles. The van der Waals surface area contributed by atoms with Gasteiger partial charge in [-0.25, -0.2) is 0 Å². The van der Waals surface area contributed by atoms with Crippen LogP contribution in [0.5, 0.6) is 0 Å². The van der Waals surface area contributed by atoms with E-state index in [0.717, 1.165) is 6.42 Å². The Bertz CT molecular complexity index is 138. The van der Waals surface area contributed by atoms with Crippen LogP contribution in [0, 0.1) is 5.92 Å². The number of allylic oxidation sites excluding steroid dienone is 1. The summed E-state index contributed by atoms with van der Waals surface area (Å²) in [6.45, 7) is 5.68. The van der Waals surface area contributed by atoms with E-state index in [9.17, 15) is 0 Å². The summed E-state index contributed by atoms with van der Waals surface area (Å²) in [5, 5.41) is -0.106. The number of hydrogen-bond donors (Lipinski definition) is 0. The molecule has 0 aromatic rings. The van der Waals surface area contributed by atoms with Gasteiger partial charge in [0.15, 0.2) is 3.79 Å². The highest BCUT2D eigenvalue weighted by atomic mass is 35.6. The van der Waals surface area contributed by atoms with Crippen molar-refractivity contribution in [1.82, 2.24) is 0 Å². The van der Waals surface area contributed by atoms with Gasteiger partial charge in [-0.3, -0.25) is 0 Å². The maximum Gasteiger partial charge on any atom is 0.192 e. The van der Waals surface area contributed by atoms with E-state index in [2.05, 4.69) is 6.58 Å². The summed E-state index contributed by atoms with van der Waals surface area (Å²) < 4.78 is -1.24. The van der Waals surface area contributed by atoms with Gasteiger partial charge >= 0.3 is 0 Å². The Morgan fingerprint density at radius 3 is 2.25 bits per heavy atom. The number of hydrogen-bond acceptors (Lipinski definition) is 0. The summed E-state index contributed by atoms with van der Waals surface area (Å²) in [6, 6.07) is 0. The van der Waals surface area contributed by atoms with E-state index in [-0.39, 0.29) is 5.38 Å². The summed E-state index contributed by atoms with van der Waals surface area (Å²) >= 11 is 22.7. The molecule has 0 radical (unpaired) electrons. The molecule has 0 saturated carbocycles. The van der Waals surface area contributed by atoms with Crippen molar-refractivity contribution in [2.24, 2.45) is 5.92 Å². The lowest BCUT2D eigenvalue weighted by atomic mass is 10.0. The number of alkyl halides is 4. The SMILES string of the molecule is C=CC(C)CC(Cl)CC(Cl)(Cl)Cl. The molecule has 0 aliphatic carbocycles. The van der Waals surface area contributed by atoms with E-state index in [1.807, 2.05) is 13.0 Å². The topological polar surface area (TPSA) is 0 Å². The summed E-state index contributed by atoms with van der Waals surface area (Å²) in [5.74, 6) is 0.361. The minimum absolute atomic E-state index is 0.106. The van der Waals surface area contributed by atoms with Crippen LogP contribution >= 0.6 is 46.4 Å². The van der Waals surface area contributed by atoms with Gasteiger partial charge in [0.2, 0.25) is 0 Å². The third kappa shape index (κ3) is 7.54. The summed E-state index contributed by atoms with van der Waals surface area (Å²) in [5.41, 5.74) is 0. The Labute approximate surface area is 93.8 Å². The normalized spacial score (nSPS) is 17.1. The third-order valence-electron chi connectivity index (χ3n) is 1.48. The maximum atomic E-state index is 5.94. The molecule has 0 aromatic carbocycles. The Hall–Kier alpha value is 0.900. The van der Waals surface area contributed by atoms with Crippen LogP contribution in [0.4, 0.5) is 0 Å². The summed E-state index contributed by atoms with van der Waals surface area (Å²) in [6.07, 6.45) is 3.00. The van der Waals surface area contributed by atoms with Gasteiger partial charge in [0.1, 0.15) is 0 Å². The molecule has 2 atom stereocenters. The van der Waals surface area contributed by atoms with Crippen LogP contribution in [0.2, 0.25) is 0 Å². The van der Waals surface area contributed by atoms with E-state index in [1.165, 1.54) is 0 Å². The average Bonchev–Trinajstić information content (AvgIpc) is 1.82. The van der Waals surface area contributed by atoms with Gasteiger partial charge in [-0.05, 0) is 12.3 Å². The van der Waals surface area contributed by atoms with Crippen molar-refractivity contribution in [1.29, 1.82) is 0 Å².